The monoisotopic (exact) mass is 386 g/mol. The Morgan fingerprint density at radius 3 is 3.18 bits per heavy atom. The van der Waals surface area contributed by atoms with E-state index in [-0.39, 0.29) is 24.0 Å². The highest BCUT2D eigenvalue weighted by Gasteiger charge is 2.50. The second-order valence-corrected chi connectivity index (χ2v) is 7.66. The quantitative estimate of drug-likeness (QED) is 0.868. The van der Waals surface area contributed by atoms with E-state index in [9.17, 15) is 4.79 Å². The molecule has 4 aliphatic rings. The van der Waals surface area contributed by atoms with Crippen LogP contribution in [0.3, 0.4) is 0 Å². The number of aromatic nitrogens is 1. The summed E-state index contributed by atoms with van der Waals surface area (Å²) in [7, 11) is 0. The Kier molecular flexibility index (Phi) is 3.30. The maximum absolute atomic E-state index is 15.0. The van der Waals surface area contributed by atoms with Crippen LogP contribution in [0, 0.1) is 5.82 Å². The highest BCUT2D eigenvalue weighted by molar-refractivity contribution is 5.95. The van der Waals surface area contributed by atoms with E-state index in [0.717, 1.165) is 24.9 Å². The van der Waals surface area contributed by atoms with Crippen LogP contribution in [0.15, 0.2) is 22.9 Å². The van der Waals surface area contributed by atoms with Crippen molar-refractivity contribution in [3.05, 3.63) is 29.8 Å². The summed E-state index contributed by atoms with van der Waals surface area (Å²) in [5, 5.41) is 6.91. The molecule has 2 fully saturated rings. The molecule has 6 rings (SSSR count). The van der Waals surface area contributed by atoms with E-state index in [1.165, 1.54) is 12.3 Å². The van der Waals surface area contributed by atoms with E-state index in [1.807, 2.05) is 0 Å². The number of nitrogens with one attached hydrogen (secondary N) is 1. The van der Waals surface area contributed by atoms with Crippen molar-refractivity contribution in [1.82, 2.24) is 5.16 Å². The number of amides is 1. The number of fused-ring (bicyclic) bond motifs is 7. The van der Waals surface area contributed by atoms with Gasteiger partial charge in [0, 0.05) is 30.7 Å². The van der Waals surface area contributed by atoms with Gasteiger partial charge in [-0.15, -0.1) is 0 Å². The first-order valence-electron chi connectivity index (χ1n) is 9.59. The van der Waals surface area contributed by atoms with Crippen LogP contribution < -0.4 is 19.9 Å². The molecule has 1 N–H and O–H groups in total. The van der Waals surface area contributed by atoms with Crippen LogP contribution in [0.4, 0.5) is 26.4 Å². The summed E-state index contributed by atoms with van der Waals surface area (Å²) < 4.78 is 31.4. The Hall–Kier alpha value is -2.97. The lowest BCUT2D eigenvalue weighted by atomic mass is 10.0. The van der Waals surface area contributed by atoms with Gasteiger partial charge in [0.05, 0.1) is 24.3 Å². The standard InChI is InChI=1S/C19H19FN4O4/c20-12-7-13-11(18-17(12)23-4-1-2-10(23)9-26-18)6-14-15(28-19(25)24(13)14)8-21-16-3-5-27-22-16/h3,5,7,10,14-15H,1-2,4,6,8-9H2,(H,21,22)/t10?,14-,15-/m0/s1. The summed E-state index contributed by atoms with van der Waals surface area (Å²) in [4.78, 5) is 16.2. The summed E-state index contributed by atoms with van der Waals surface area (Å²) in [5.74, 6) is 0.841. The average Bonchev–Trinajstić information content (AvgIpc) is 3.45. The molecule has 0 radical (unpaired) electrons. The van der Waals surface area contributed by atoms with Gasteiger partial charge in [-0.3, -0.25) is 4.90 Å². The number of halogens is 1. The Bertz CT molecular complexity index is 950. The zero-order valence-corrected chi connectivity index (χ0v) is 15.1. The lowest BCUT2D eigenvalue weighted by Crippen LogP contribution is -2.39. The molecule has 28 heavy (non-hydrogen) atoms. The van der Waals surface area contributed by atoms with Gasteiger partial charge in [0.15, 0.2) is 17.4 Å². The molecule has 9 heteroatoms. The first-order valence-corrected chi connectivity index (χ1v) is 9.59. The van der Waals surface area contributed by atoms with Gasteiger partial charge in [-0.25, -0.2) is 9.18 Å². The van der Waals surface area contributed by atoms with Crippen molar-refractivity contribution in [2.75, 3.05) is 34.8 Å². The third-order valence-corrected chi connectivity index (χ3v) is 6.18. The number of nitrogens with zero attached hydrogens (tertiary/aromatic N) is 3. The Balaban J connectivity index is 1.33. The molecule has 1 unspecified atom stereocenters. The number of hydrogen-bond donors (Lipinski definition) is 1. The van der Waals surface area contributed by atoms with Crippen LogP contribution in [0.2, 0.25) is 0 Å². The molecule has 0 aliphatic carbocycles. The number of ether oxygens (including phenoxy) is 2. The van der Waals surface area contributed by atoms with E-state index >= 15 is 4.39 Å². The van der Waals surface area contributed by atoms with E-state index in [4.69, 9.17) is 14.0 Å². The molecule has 1 amide bonds. The smallest absolute Gasteiger partial charge is 0.415 e. The predicted octanol–water partition coefficient (Wildman–Crippen LogP) is 2.54. The van der Waals surface area contributed by atoms with Crippen LogP contribution in [0.25, 0.3) is 0 Å². The molecule has 2 aromatic rings. The molecule has 0 saturated carbocycles. The summed E-state index contributed by atoms with van der Waals surface area (Å²) >= 11 is 0. The lowest BCUT2D eigenvalue weighted by Gasteiger charge is -2.35. The Morgan fingerprint density at radius 2 is 2.32 bits per heavy atom. The van der Waals surface area contributed by atoms with Gasteiger partial charge >= 0.3 is 6.09 Å². The molecule has 1 aromatic carbocycles. The summed E-state index contributed by atoms with van der Waals surface area (Å²) in [6.45, 7) is 1.80. The molecule has 2 saturated heterocycles. The van der Waals surface area contributed by atoms with Gasteiger partial charge in [-0.05, 0) is 12.8 Å². The minimum atomic E-state index is -0.454. The number of hydrogen-bond acceptors (Lipinski definition) is 7. The van der Waals surface area contributed by atoms with Crippen LogP contribution in [0.5, 0.6) is 5.75 Å². The number of carbonyl (C=O) groups excluding carboxylic acids is 1. The van der Waals surface area contributed by atoms with Crippen molar-refractivity contribution in [3.63, 3.8) is 0 Å². The fourth-order valence-electron chi connectivity index (χ4n) is 4.92. The van der Waals surface area contributed by atoms with Crippen molar-refractivity contribution in [1.29, 1.82) is 0 Å². The second kappa shape index (κ2) is 5.76. The van der Waals surface area contributed by atoms with Gasteiger partial charge in [0.2, 0.25) is 0 Å². The van der Waals surface area contributed by atoms with E-state index in [0.29, 0.717) is 42.5 Å². The molecule has 5 heterocycles. The Morgan fingerprint density at radius 1 is 1.39 bits per heavy atom. The number of anilines is 3. The summed E-state index contributed by atoms with van der Waals surface area (Å²) in [6, 6.07) is 3.20. The largest absolute Gasteiger partial charge is 0.489 e. The highest BCUT2D eigenvalue weighted by atomic mass is 19.1. The minimum absolute atomic E-state index is 0.201. The maximum Gasteiger partial charge on any atom is 0.415 e. The molecule has 4 aliphatic heterocycles. The first kappa shape index (κ1) is 16.0. The van der Waals surface area contributed by atoms with Gasteiger partial charge in [0.1, 0.15) is 24.7 Å². The SMILES string of the molecule is O=C1O[C@@H](CNc2ccon2)[C@@H]2Cc3c(cc(F)c4c3OCC3CCCN43)N12. The lowest BCUT2D eigenvalue weighted by molar-refractivity contribution is 0.137. The fourth-order valence-corrected chi connectivity index (χ4v) is 4.92. The van der Waals surface area contributed by atoms with Crippen LogP contribution in [0.1, 0.15) is 18.4 Å². The average molecular weight is 386 g/mol. The fraction of sp³-hybridized carbons (Fsp3) is 0.474. The van der Waals surface area contributed by atoms with Crippen LogP contribution in [-0.4, -0.2) is 49.1 Å². The normalized spacial score (nSPS) is 27.0. The molecule has 1 aromatic heterocycles. The van der Waals surface area contributed by atoms with E-state index in [2.05, 4.69) is 15.4 Å². The minimum Gasteiger partial charge on any atom is -0.489 e. The van der Waals surface area contributed by atoms with E-state index in [1.54, 1.807) is 11.0 Å². The highest BCUT2D eigenvalue weighted by Crippen LogP contribution is 2.51. The van der Waals surface area contributed by atoms with Crippen LogP contribution in [-0.2, 0) is 11.2 Å². The van der Waals surface area contributed by atoms with Gasteiger partial charge < -0.3 is 24.2 Å². The third kappa shape index (κ3) is 2.15. The molecule has 8 nitrogen and oxygen atoms in total. The van der Waals surface area contributed by atoms with Crippen molar-refractivity contribution >= 4 is 23.3 Å². The second-order valence-electron chi connectivity index (χ2n) is 7.66. The third-order valence-electron chi connectivity index (χ3n) is 6.18. The Labute approximate surface area is 160 Å². The number of carbonyl (C=O) groups is 1. The summed E-state index contributed by atoms with van der Waals surface area (Å²) in [6.07, 6.45) is 3.28. The first-order chi connectivity index (χ1) is 13.7. The molecule has 3 atom stereocenters. The number of cyclic esters (lactones) is 1. The number of rotatable bonds is 3. The van der Waals surface area contributed by atoms with Crippen molar-refractivity contribution in [2.45, 2.75) is 37.5 Å². The van der Waals surface area contributed by atoms with Gasteiger partial charge in [0.25, 0.3) is 0 Å². The van der Waals surface area contributed by atoms with Crippen molar-refractivity contribution in [2.24, 2.45) is 0 Å². The number of benzene rings is 1. The zero-order chi connectivity index (χ0) is 18.8. The molecule has 146 valence electrons. The van der Waals surface area contributed by atoms with Gasteiger partial charge in [-0.2, -0.15) is 0 Å². The van der Waals surface area contributed by atoms with Crippen molar-refractivity contribution < 1.29 is 23.2 Å². The van der Waals surface area contributed by atoms with E-state index < -0.39 is 6.09 Å². The topological polar surface area (TPSA) is 80.1 Å². The maximum atomic E-state index is 15.0. The van der Waals surface area contributed by atoms with Gasteiger partial charge in [-0.1, -0.05) is 5.16 Å². The molecule has 0 spiro atoms. The summed E-state index contributed by atoms with van der Waals surface area (Å²) in [5.41, 5.74) is 2.02. The van der Waals surface area contributed by atoms with Crippen LogP contribution >= 0.6 is 0 Å². The zero-order valence-electron chi connectivity index (χ0n) is 15.1. The predicted molar refractivity (Wildman–Crippen MR) is 97.5 cm³/mol. The molecular weight excluding hydrogens is 367 g/mol. The molecule has 0 bridgehead atoms. The van der Waals surface area contributed by atoms with Crippen molar-refractivity contribution in [3.8, 4) is 5.75 Å². The molecular formula is C19H19FN4O4.